The summed E-state index contributed by atoms with van der Waals surface area (Å²) in [5, 5.41) is 3.42. The molecule has 2 fully saturated rings. The van der Waals surface area contributed by atoms with Gasteiger partial charge in [0.05, 0.1) is 28.9 Å². The van der Waals surface area contributed by atoms with Crippen molar-refractivity contribution in [2.24, 2.45) is 11.8 Å². The predicted octanol–water partition coefficient (Wildman–Crippen LogP) is 5.28. The minimum absolute atomic E-state index is 0.0361. The van der Waals surface area contributed by atoms with Crippen molar-refractivity contribution in [1.29, 1.82) is 0 Å². The Kier molecular flexibility index (Phi) is 9.20. The van der Waals surface area contributed by atoms with Gasteiger partial charge in [0, 0.05) is 25.6 Å². The van der Waals surface area contributed by atoms with E-state index in [0.717, 1.165) is 55.5 Å². The van der Waals surface area contributed by atoms with Crippen molar-refractivity contribution < 1.29 is 22.7 Å². The first-order valence-electron chi connectivity index (χ1n) is 14.5. The monoisotopic (exact) mass is 574 g/mol. The number of carbonyl (C=O) groups excluding carboxylic acids is 2. The molecule has 5 rings (SSSR count). The topological polar surface area (TPSA) is 92.8 Å². The third-order valence-electron chi connectivity index (χ3n) is 8.30. The van der Waals surface area contributed by atoms with Crippen LogP contribution in [0.5, 0.6) is 0 Å². The minimum atomic E-state index is -3.45. The van der Waals surface area contributed by atoms with E-state index in [2.05, 4.69) is 17.4 Å². The van der Waals surface area contributed by atoms with E-state index in [0.29, 0.717) is 23.6 Å². The van der Waals surface area contributed by atoms with Gasteiger partial charge in [-0.2, -0.15) is 0 Å². The maximum absolute atomic E-state index is 13.5. The van der Waals surface area contributed by atoms with Crippen LogP contribution in [0.3, 0.4) is 0 Å². The molecule has 1 aliphatic carbocycles. The fourth-order valence-corrected chi connectivity index (χ4v) is 7.72. The highest BCUT2D eigenvalue weighted by atomic mass is 32.2. The third-order valence-corrected chi connectivity index (χ3v) is 10.2. The second kappa shape index (κ2) is 13.0. The Labute approximate surface area is 242 Å². The van der Waals surface area contributed by atoms with Crippen molar-refractivity contribution in [3.63, 3.8) is 0 Å². The molecule has 41 heavy (non-hydrogen) atoms. The Hall–Kier alpha value is -3.49. The molecule has 1 N–H and O–H groups in total. The number of sulfone groups is 1. The number of amides is 1. The summed E-state index contributed by atoms with van der Waals surface area (Å²) < 4.78 is 31.5. The molecule has 0 radical (unpaired) electrons. The highest BCUT2D eigenvalue weighted by molar-refractivity contribution is 7.91. The Morgan fingerprint density at radius 2 is 1.51 bits per heavy atom. The molecule has 7 nitrogen and oxygen atoms in total. The number of rotatable bonds is 8. The largest absolute Gasteiger partial charge is 0.462 e. The highest BCUT2D eigenvalue weighted by Crippen LogP contribution is 2.34. The molecule has 1 atom stereocenters. The number of hydrogen-bond acceptors (Lipinski definition) is 6. The van der Waals surface area contributed by atoms with Gasteiger partial charge >= 0.3 is 5.97 Å². The van der Waals surface area contributed by atoms with Gasteiger partial charge in [-0.1, -0.05) is 54.6 Å². The molecule has 3 aromatic carbocycles. The van der Waals surface area contributed by atoms with E-state index in [1.807, 2.05) is 35.2 Å². The smallest absolute Gasteiger partial charge is 0.338 e. The van der Waals surface area contributed by atoms with E-state index in [4.69, 9.17) is 4.74 Å². The summed E-state index contributed by atoms with van der Waals surface area (Å²) in [6, 6.07) is 24.2. The molecule has 8 heteroatoms. The van der Waals surface area contributed by atoms with Crippen molar-refractivity contribution in [3.8, 4) is 11.1 Å². The summed E-state index contributed by atoms with van der Waals surface area (Å²) in [5.41, 5.74) is 3.40. The number of ether oxygens (including phenoxy) is 1. The van der Waals surface area contributed by atoms with E-state index in [1.165, 1.54) is 0 Å². The Bertz CT molecular complexity index is 1430. The first-order chi connectivity index (χ1) is 19.9. The molecular formula is C33H38N2O5S. The molecule has 1 amide bonds. The van der Waals surface area contributed by atoms with Crippen molar-refractivity contribution in [1.82, 2.24) is 10.2 Å². The van der Waals surface area contributed by atoms with Gasteiger partial charge in [0.2, 0.25) is 5.91 Å². The normalized spacial score (nSPS) is 21.3. The third kappa shape index (κ3) is 6.88. The van der Waals surface area contributed by atoms with Gasteiger partial charge in [0.25, 0.3) is 0 Å². The Morgan fingerprint density at radius 1 is 0.878 bits per heavy atom. The fraction of sp³-hybridized carbons (Fsp3) is 0.394. The summed E-state index contributed by atoms with van der Waals surface area (Å²) in [7, 11) is -3.45. The van der Waals surface area contributed by atoms with Crippen LogP contribution in [-0.2, 0) is 19.4 Å². The first-order valence-corrected chi connectivity index (χ1v) is 16.2. The van der Waals surface area contributed by atoms with Crippen LogP contribution in [0.15, 0.2) is 83.8 Å². The lowest BCUT2D eigenvalue weighted by atomic mass is 9.81. The number of benzene rings is 3. The number of piperazine rings is 1. The minimum Gasteiger partial charge on any atom is -0.462 e. The van der Waals surface area contributed by atoms with Crippen LogP contribution in [0.2, 0.25) is 0 Å². The molecule has 1 saturated carbocycles. The van der Waals surface area contributed by atoms with Gasteiger partial charge in [0.1, 0.15) is 0 Å². The van der Waals surface area contributed by atoms with Crippen LogP contribution in [-0.4, -0.2) is 57.2 Å². The Morgan fingerprint density at radius 3 is 2.15 bits per heavy atom. The maximum atomic E-state index is 13.5. The molecule has 1 heterocycles. The number of hydrogen-bond donors (Lipinski definition) is 1. The predicted molar refractivity (Wildman–Crippen MR) is 159 cm³/mol. The number of nitrogens with one attached hydrogen (secondary N) is 1. The molecule has 216 valence electrons. The summed E-state index contributed by atoms with van der Waals surface area (Å²) in [6.45, 7) is 4.32. The van der Waals surface area contributed by atoms with Crippen molar-refractivity contribution >= 4 is 21.7 Å². The van der Waals surface area contributed by atoms with Gasteiger partial charge < -0.3 is 15.0 Å². The molecule has 3 aromatic rings. The Balaban J connectivity index is 1.17. The summed E-state index contributed by atoms with van der Waals surface area (Å²) in [4.78, 5) is 27.8. The van der Waals surface area contributed by atoms with Crippen LogP contribution < -0.4 is 5.32 Å². The second-order valence-electron chi connectivity index (χ2n) is 11.0. The van der Waals surface area contributed by atoms with Crippen LogP contribution in [0, 0.1) is 11.8 Å². The lowest BCUT2D eigenvalue weighted by molar-refractivity contribution is -0.140. The van der Waals surface area contributed by atoms with Crippen molar-refractivity contribution in [2.45, 2.75) is 43.5 Å². The van der Waals surface area contributed by atoms with Crippen molar-refractivity contribution in [3.05, 3.63) is 90.0 Å². The van der Waals surface area contributed by atoms with Crippen LogP contribution in [0.4, 0.5) is 0 Å². The van der Waals surface area contributed by atoms with E-state index in [1.54, 1.807) is 43.3 Å². The molecular weight excluding hydrogens is 536 g/mol. The molecule has 1 aliphatic heterocycles. The summed E-state index contributed by atoms with van der Waals surface area (Å²) in [5.74, 6) is -0.0617. The summed E-state index contributed by atoms with van der Waals surface area (Å²) in [6.07, 6.45) is 2.93. The van der Waals surface area contributed by atoms with Crippen LogP contribution >= 0.6 is 0 Å². The van der Waals surface area contributed by atoms with E-state index in [-0.39, 0.29) is 35.5 Å². The van der Waals surface area contributed by atoms with Crippen molar-refractivity contribution in [2.75, 3.05) is 32.0 Å². The number of carbonyl (C=O) groups is 2. The zero-order chi connectivity index (χ0) is 28.8. The molecule has 0 aromatic heterocycles. The van der Waals surface area contributed by atoms with Crippen LogP contribution in [0.1, 0.15) is 54.6 Å². The van der Waals surface area contributed by atoms with Gasteiger partial charge in [-0.3, -0.25) is 4.79 Å². The van der Waals surface area contributed by atoms with Gasteiger partial charge in [-0.05, 0) is 79.5 Å². The molecule has 1 saturated heterocycles. The molecule has 0 unspecified atom stereocenters. The van der Waals surface area contributed by atoms with Gasteiger partial charge in [-0.25, -0.2) is 13.2 Å². The van der Waals surface area contributed by atoms with Gasteiger partial charge in [-0.15, -0.1) is 0 Å². The molecule has 0 bridgehead atoms. The number of esters is 1. The average Bonchev–Trinajstić information content (AvgIpc) is 3.01. The molecule has 0 spiro atoms. The zero-order valence-electron chi connectivity index (χ0n) is 23.5. The van der Waals surface area contributed by atoms with E-state index >= 15 is 0 Å². The van der Waals surface area contributed by atoms with E-state index < -0.39 is 9.84 Å². The number of nitrogens with zero attached hydrogens (tertiary/aromatic N) is 1. The highest BCUT2D eigenvalue weighted by Gasteiger charge is 2.35. The maximum Gasteiger partial charge on any atom is 0.338 e. The standard InChI is InChI=1S/C33H38N2O5S/c1-2-40-33(37)29-14-12-25(13-15-29)26-16-18-30(19-17-26)41(38,39)23-24-8-10-28(11-9-24)32(36)35-21-20-34-22-31(35)27-6-4-3-5-7-27/h3-7,12-19,24,28,31,34H,2,8-11,20-23H2,1H3/t24?,28?,31-/m1/s1. The fourth-order valence-electron chi connectivity index (χ4n) is 6.03. The lowest BCUT2D eigenvalue weighted by Crippen LogP contribution is -2.50. The second-order valence-corrected chi connectivity index (χ2v) is 13.0. The molecule has 2 aliphatic rings. The van der Waals surface area contributed by atoms with E-state index in [9.17, 15) is 18.0 Å². The van der Waals surface area contributed by atoms with Crippen LogP contribution in [0.25, 0.3) is 11.1 Å². The lowest BCUT2D eigenvalue weighted by Gasteiger charge is -2.40. The first kappa shape index (κ1) is 29.0. The van der Waals surface area contributed by atoms with Gasteiger partial charge in [0.15, 0.2) is 9.84 Å². The SMILES string of the molecule is CCOC(=O)c1ccc(-c2ccc(S(=O)(=O)CC3CCC(C(=O)N4CCNC[C@@H]4c4ccccc4)CC3)cc2)cc1. The average molecular weight is 575 g/mol. The quantitative estimate of drug-likeness (QED) is 0.368. The zero-order valence-corrected chi connectivity index (χ0v) is 24.3. The summed E-state index contributed by atoms with van der Waals surface area (Å²) >= 11 is 0.